The SMILES string of the molecule is CC1=CC(=O)CC1(C(C)(C)C)C(C)(C)C. The predicted molar refractivity (Wildman–Crippen MR) is 64.7 cm³/mol. The van der Waals surface area contributed by atoms with E-state index in [0.29, 0.717) is 6.42 Å². The van der Waals surface area contributed by atoms with E-state index < -0.39 is 0 Å². The van der Waals surface area contributed by atoms with Crippen molar-refractivity contribution in [2.24, 2.45) is 16.2 Å². The van der Waals surface area contributed by atoms with Gasteiger partial charge in [0.15, 0.2) is 5.78 Å². The van der Waals surface area contributed by atoms with Crippen molar-refractivity contribution in [2.75, 3.05) is 0 Å². The third-order valence-electron chi connectivity index (χ3n) is 4.05. The van der Waals surface area contributed by atoms with Crippen molar-refractivity contribution in [3.8, 4) is 0 Å². The summed E-state index contributed by atoms with van der Waals surface area (Å²) in [4.78, 5) is 11.7. The lowest BCUT2D eigenvalue weighted by Crippen LogP contribution is -2.46. The minimum absolute atomic E-state index is 0.0110. The molecule has 0 aliphatic heterocycles. The summed E-state index contributed by atoms with van der Waals surface area (Å²) in [6.45, 7) is 15.6. The van der Waals surface area contributed by atoms with Crippen LogP contribution in [0.4, 0.5) is 0 Å². The van der Waals surface area contributed by atoms with Gasteiger partial charge in [-0.15, -0.1) is 0 Å². The molecule has 1 heteroatoms. The molecular formula is C14H24O. The van der Waals surface area contributed by atoms with Crippen molar-refractivity contribution in [1.29, 1.82) is 0 Å². The van der Waals surface area contributed by atoms with Gasteiger partial charge in [0.2, 0.25) is 0 Å². The van der Waals surface area contributed by atoms with Gasteiger partial charge in [-0.2, -0.15) is 0 Å². The van der Waals surface area contributed by atoms with Crippen LogP contribution in [-0.2, 0) is 4.79 Å². The molecule has 86 valence electrons. The second kappa shape index (κ2) is 3.20. The van der Waals surface area contributed by atoms with Crippen molar-refractivity contribution in [3.05, 3.63) is 11.6 Å². The maximum Gasteiger partial charge on any atom is 0.156 e. The van der Waals surface area contributed by atoms with Crippen molar-refractivity contribution in [1.82, 2.24) is 0 Å². The van der Waals surface area contributed by atoms with Gasteiger partial charge < -0.3 is 0 Å². The van der Waals surface area contributed by atoms with Gasteiger partial charge in [-0.25, -0.2) is 0 Å². The molecule has 0 aromatic heterocycles. The van der Waals surface area contributed by atoms with Crippen LogP contribution in [0.3, 0.4) is 0 Å². The van der Waals surface area contributed by atoms with Crippen molar-refractivity contribution in [2.45, 2.75) is 54.9 Å². The van der Waals surface area contributed by atoms with E-state index in [2.05, 4.69) is 48.5 Å². The molecule has 0 amide bonds. The molecule has 0 N–H and O–H groups in total. The monoisotopic (exact) mass is 208 g/mol. The normalized spacial score (nSPS) is 21.8. The Morgan fingerprint density at radius 3 is 1.60 bits per heavy atom. The van der Waals surface area contributed by atoms with E-state index in [0.717, 1.165) is 0 Å². The molecule has 0 saturated heterocycles. The maximum absolute atomic E-state index is 11.7. The fourth-order valence-electron chi connectivity index (χ4n) is 3.65. The van der Waals surface area contributed by atoms with Gasteiger partial charge in [0, 0.05) is 11.8 Å². The van der Waals surface area contributed by atoms with Gasteiger partial charge in [0.25, 0.3) is 0 Å². The number of hydrogen-bond acceptors (Lipinski definition) is 1. The van der Waals surface area contributed by atoms with Gasteiger partial charge in [-0.1, -0.05) is 47.1 Å². The van der Waals surface area contributed by atoms with Crippen LogP contribution in [0, 0.1) is 16.2 Å². The van der Waals surface area contributed by atoms with E-state index in [1.165, 1.54) is 5.57 Å². The Labute approximate surface area is 93.9 Å². The summed E-state index contributed by atoms with van der Waals surface area (Å²) in [5.74, 6) is 0.289. The topological polar surface area (TPSA) is 17.1 Å². The lowest BCUT2D eigenvalue weighted by atomic mass is 9.51. The minimum Gasteiger partial charge on any atom is -0.295 e. The lowest BCUT2D eigenvalue weighted by molar-refractivity contribution is -0.118. The van der Waals surface area contributed by atoms with Crippen LogP contribution < -0.4 is 0 Å². The minimum atomic E-state index is 0.0110. The first-order valence-corrected chi connectivity index (χ1v) is 5.74. The molecule has 1 aliphatic carbocycles. The average molecular weight is 208 g/mol. The Hall–Kier alpha value is -0.590. The first kappa shape index (κ1) is 12.5. The quantitative estimate of drug-likeness (QED) is 0.588. The van der Waals surface area contributed by atoms with Crippen LogP contribution in [0.2, 0.25) is 0 Å². The Kier molecular flexibility index (Phi) is 2.66. The molecule has 0 unspecified atom stereocenters. The van der Waals surface area contributed by atoms with Gasteiger partial charge in [0.05, 0.1) is 0 Å². The number of rotatable bonds is 0. The second-order valence-electron chi connectivity index (χ2n) is 6.88. The molecule has 0 aromatic rings. The summed E-state index contributed by atoms with van der Waals surface area (Å²) in [6.07, 6.45) is 2.52. The Morgan fingerprint density at radius 1 is 1.07 bits per heavy atom. The van der Waals surface area contributed by atoms with E-state index >= 15 is 0 Å². The molecule has 0 bridgehead atoms. The van der Waals surface area contributed by atoms with Crippen molar-refractivity contribution < 1.29 is 4.79 Å². The molecule has 1 aliphatic rings. The largest absolute Gasteiger partial charge is 0.295 e. The van der Waals surface area contributed by atoms with E-state index in [1.54, 1.807) is 0 Å². The van der Waals surface area contributed by atoms with Crippen LogP contribution in [-0.4, -0.2) is 5.78 Å². The molecule has 1 rings (SSSR count). The Bertz CT molecular complexity index is 293. The van der Waals surface area contributed by atoms with Gasteiger partial charge in [-0.3, -0.25) is 4.79 Å². The first-order chi connectivity index (χ1) is 6.52. The average Bonchev–Trinajstić information content (AvgIpc) is 2.23. The first-order valence-electron chi connectivity index (χ1n) is 5.74. The third-order valence-corrected chi connectivity index (χ3v) is 4.05. The van der Waals surface area contributed by atoms with Gasteiger partial charge >= 0.3 is 0 Å². The highest BCUT2D eigenvalue weighted by Gasteiger charge is 2.54. The number of ketones is 1. The smallest absolute Gasteiger partial charge is 0.156 e. The third kappa shape index (κ3) is 1.66. The molecule has 15 heavy (non-hydrogen) atoms. The Balaban J connectivity index is 3.36. The van der Waals surface area contributed by atoms with E-state index in [4.69, 9.17) is 0 Å². The molecule has 0 atom stereocenters. The van der Waals surface area contributed by atoms with Crippen molar-refractivity contribution >= 4 is 5.78 Å². The van der Waals surface area contributed by atoms with Crippen LogP contribution in [0.25, 0.3) is 0 Å². The van der Waals surface area contributed by atoms with Gasteiger partial charge in [0.1, 0.15) is 0 Å². The summed E-state index contributed by atoms with van der Waals surface area (Å²) in [5, 5.41) is 0. The van der Waals surface area contributed by atoms with E-state index in [1.807, 2.05) is 6.08 Å². The molecule has 0 fully saturated rings. The van der Waals surface area contributed by atoms with Crippen molar-refractivity contribution in [3.63, 3.8) is 0 Å². The maximum atomic E-state index is 11.7. The lowest BCUT2D eigenvalue weighted by Gasteiger charge is -2.52. The zero-order valence-corrected chi connectivity index (χ0v) is 11.2. The summed E-state index contributed by atoms with van der Waals surface area (Å²) in [7, 11) is 0. The van der Waals surface area contributed by atoms with Crippen LogP contribution in [0.15, 0.2) is 11.6 Å². The van der Waals surface area contributed by atoms with Crippen LogP contribution in [0.1, 0.15) is 54.9 Å². The predicted octanol–water partition coefficient (Wildman–Crippen LogP) is 3.98. The van der Waals surface area contributed by atoms with Crippen LogP contribution in [0.5, 0.6) is 0 Å². The van der Waals surface area contributed by atoms with E-state index in [-0.39, 0.29) is 22.0 Å². The zero-order chi connectivity index (χ0) is 12.1. The highest BCUT2D eigenvalue weighted by atomic mass is 16.1. The number of hydrogen-bond donors (Lipinski definition) is 0. The summed E-state index contributed by atoms with van der Waals surface area (Å²) in [5.41, 5.74) is 1.51. The molecule has 0 spiro atoms. The molecule has 1 nitrogen and oxygen atoms in total. The number of allylic oxidation sites excluding steroid dienone is 2. The highest BCUT2D eigenvalue weighted by Crippen LogP contribution is 2.60. The standard InChI is InChI=1S/C14H24O/c1-10-8-11(15)9-14(10,12(2,3)4)13(5,6)7/h8H,9H2,1-7H3. The molecular weight excluding hydrogens is 184 g/mol. The molecule has 0 aromatic carbocycles. The second-order valence-corrected chi connectivity index (χ2v) is 6.88. The summed E-state index contributed by atoms with van der Waals surface area (Å²) in [6, 6.07) is 0. The fraction of sp³-hybridized carbons (Fsp3) is 0.786. The van der Waals surface area contributed by atoms with Crippen LogP contribution >= 0.6 is 0 Å². The highest BCUT2D eigenvalue weighted by molar-refractivity contribution is 5.94. The fourth-order valence-corrected chi connectivity index (χ4v) is 3.65. The summed E-state index contributed by atoms with van der Waals surface area (Å²) >= 11 is 0. The molecule has 0 heterocycles. The zero-order valence-electron chi connectivity index (χ0n) is 11.2. The van der Waals surface area contributed by atoms with Gasteiger partial charge in [-0.05, 0) is 23.8 Å². The number of carbonyl (C=O) groups excluding carboxylic acids is 1. The molecule has 0 radical (unpaired) electrons. The number of carbonyl (C=O) groups is 1. The Morgan fingerprint density at radius 2 is 1.47 bits per heavy atom. The summed E-state index contributed by atoms with van der Waals surface area (Å²) < 4.78 is 0. The van der Waals surface area contributed by atoms with E-state index in [9.17, 15) is 4.79 Å². The molecule has 0 saturated carbocycles.